The summed E-state index contributed by atoms with van der Waals surface area (Å²) in [5.41, 5.74) is 2.27. The third-order valence-corrected chi connectivity index (χ3v) is 4.16. The van der Waals surface area contributed by atoms with Crippen LogP contribution in [0.4, 0.5) is 11.4 Å². The van der Waals surface area contributed by atoms with Crippen LogP contribution in [0.2, 0.25) is 0 Å². The second-order valence-corrected chi connectivity index (χ2v) is 6.85. The average molecular weight is 433 g/mol. The molecule has 0 saturated carbocycles. The van der Waals surface area contributed by atoms with Crippen LogP contribution in [0.25, 0.3) is 0 Å². The molecular formula is C20H21BrN2O4. The van der Waals surface area contributed by atoms with Crippen LogP contribution in [0.15, 0.2) is 53.0 Å². The van der Waals surface area contributed by atoms with Crippen LogP contribution in [-0.4, -0.2) is 24.4 Å². The van der Waals surface area contributed by atoms with E-state index in [1.54, 1.807) is 18.2 Å². The lowest BCUT2D eigenvalue weighted by Gasteiger charge is -2.09. The van der Waals surface area contributed by atoms with E-state index < -0.39 is 11.9 Å². The van der Waals surface area contributed by atoms with E-state index in [-0.39, 0.29) is 25.4 Å². The van der Waals surface area contributed by atoms with E-state index in [4.69, 9.17) is 4.74 Å². The maximum absolute atomic E-state index is 11.9. The first-order chi connectivity index (χ1) is 12.9. The lowest BCUT2D eigenvalue weighted by Crippen LogP contribution is -2.21. The number of carbonyl (C=O) groups is 3. The van der Waals surface area contributed by atoms with Crippen molar-refractivity contribution in [2.75, 3.05) is 17.2 Å². The molecule has 6 nitrogen and oxygen atoms in total. The molecule has 7 heteroatoms. The molecule has 2 aromatic rings. The standard InChI is InChI=1S/C20H21BrN2O4/c1-14-12-15(21)10-11-17(14)23-19(25)13-27-20(26)9-5-8-18(24)22-16-6-3-2-4-7-16/h2-4,6-7,10-12H,5,8-9,13H2,1H3,(H,22,24)(H,23,25). The maximum Gasteiger partial charge on any atom is 0.306 e. The molecule has 0 heterocycles. The van der Waals surface area contributed by atoms with Gasteiger partial charge in [-0.05, 0) is 49.2 Å². The van der Waals surface area contributed by atoms with Gasteiger partial charge in [0.1, 0.15) is 0 Å². The SMILES string of the molecule is Cc1cc(Br)ccc1NC(=O)COC(=O)CCCC(=O)Nc1ccccc1. The predicted octanol–water partition coefficient (Wildman–Crippen LogP) is 4.05. The van der Waals surface area contributed by atoms with Crippen LogP contribution in [-0.2, 0) is 19.1 Å². The number of aryl methyl sites for hydroxylation is 1. The highest BCUT2D eigenvalue weighted by atomic mass is 79.9. The van der Waals surface area contributed by atoms with Crippen LogP contribution in [0.3, 0.4) is 0 Å². The Morgan fingerprint density at radius 3 is 2.41 bits per heavy atom. The molecular weight excluding hydrogens is 412 g/mol. The van der Waals surface area contributed by atoms with Gasteiger partial charge in [0, 0.05) is 28.7 Å². The van der Waals surface area contributed by atoms with Gasteiger partial charge in [-0.15, -0.1) is 0 Å². The van der Waals surface area contributed by atoms with Crippen molar-refractivity contribution in [3.63, 3.8) is 0 Å². The number of ether oxygens (including phenoxy) is 1. The molecule has 0 saturated heterocycles. The first-order valence-electron chi connectivity index (χ1n) is 8.50. The fraction of sp³-hybridized carbons (Fsp3) is 0.250. The van der Waals surface area contributed by atoms with E-state index in [9.17, 15) is 14.4 Å². The Kier molecular flexibility index (Phi) is 8.00. The summed E-state index contributed by atoms with van der Waals surface area (Å²) in [6.45, 7) is 1.51. The Morgan fingerprint density at radius 2 is 1.70 bits per heavy atom. The van der Waals surface area contributed by atoms with E-state index in [1.165, 1.54) is 0 Å². The normalized spacial score (nSPS) is 10.1. The number of para-hydroxylation sites is 1. The Hall–Kier alpha value is -2.67. The average Bonchev–Trinajstić information content (AvgIpc) is 2.63. The fourth-order valence-corrected chi connectivity index (χ4v) is 2.79. The highest BCUT2D eigenvalue weighted by Crippen LogP contribution is 2.19. The number of hydrogen-bond donors (Lipinski definition) is 2. The zero-order valence-electron chi connectivity index (χ0n) is 15.0. The summed E-state index contributed by atoms with van der Waals surface area (Å²) in [4.78, 5) is 35.4. The highest BCUT2D eigenvalue weighted by Gasteiger charge is 2.10. The number of carbonyl (C=O) groups excluding carboxylic acids is 3. The molecule has 0 aliphatic carbocycles. The monoisotopic (exact) mass is 432 g/mol. The Balaban J connectivity index is 1.64. The minimum Gasteiger partial charge on any atom is -0.456 e. The van der Waals surface area contributed by atoms with Crippen LogP contribution in [0, 0.1) is 6.92 Å². The Bertz CT molecular complexity index is 809. The number of nitrogens with one attached hydrogen (secondary N) is 2. The molecule has 0 unspecified atom stereocenters. The van der Waals surface area contributed by atoms with Gasteiger partial charge in [-0.3, -0.25) is 14.4 Å². The van der Waals surface area contributed by atoms with Crippen molar-refractivity contribution in [2.45, 2.75) is 26.2 Å². The van der Waals surface area contributed by atoms with Crippen LogP contribution in [0.5, 0.6) is 0 Å². The molecule has 0 aromatic heterocycles. The summed E-state index contributed by atoms with van der Waals surface area (Å²) in [6, 6.07) is 14.6. The first-order valence-corrected chi connectivity index (χ1v) is 9.30. The van der Waals surface area contributed by atoms with Gasteiger partial charge in [0.15, 0.2) is 6.61 Å². The summed E-state index contributed by atoms with van der Waals surface area (Å²) in [5.74, 6) is -1.08. The van der Waals surface area contributed by atoms with Crippen LogP contribution < -0.4 is 10.6 Å². The third-order valence-electron chi connectivity index (χ3n) is 3.67. The number of anilines is 2. The summed E-state index contributed by atoms with van der Waals surface area (Å²) in [6.07, 6.45) is 0.631. The van der Waals surface area contributed by atoms with E-state index in [0.29, 0.717) is 17.8 Å². The molecule has 0 spiro atoms. The molecule has 2 amide bonds. The van der Waals surface area contributed by atoms with Gasteiger partial charge in [0.25, 0.3) is 5.91 Å². The topological polar surface area (TPSA) is 84.5 Å². The number of amides is 2. The van der Waals surface area contributed by atoms with Crippen molar-refractivity contribution in [1.82, 2.24) is 0 Å². The molecule has 0 aliphatic rings. The molecule has 0 atom stereocenters. The highest BCUT2D eigenvalue weighted by molar-refractivity contribution is 9.10. The van der Waals surface area contributed by atoms with Crippen molar-refractivity contribution >= 4 is 45.1 Å². The van der Waals surface area contributed by atoms with Crippen molar-refractivity contribution in [1.29, 1.82) is 0 Å². The zero-order chi connectivity index (χ0) is 19.6. The number of esters is 1. The van der Waals surface area contributed by atoms with Gasteiger partial charge in [-0.25, -0.2) is 0 Å². The Morgan fingerprint density at radius 1 is 0.963 bits per heavy atom. The van der Waals surface area contributed by atoms with Gasteiger partial charge >= 0.3 is 5.97 Å². The molecule has 0 aliphatic heterocycles. The third kappa shape index (κ3) is 7.62. The number of benzene rings is 2. The second-order valence-electron chi connectivity index (χ2n) is 5.94. The van der Waals surface area contributed by atoms with Crippen LogP contribution >= 0.6 is 15.9 Å². The van der Waals surface area contributed by atoms with Gasteiger partial charge in [0.05, 0.1) is 0 Å². The van der Waals surface area contributed by atoms with E-state index in [1.807, 2.05) is 37.3 Å². The van der Waals surface area contributed by atoms with Crippen molar-refractivity contribution in [2.24, 2.45) is 0 Å². The lowest BCUT2D eigenvalue weighted by atomic mass is 10.2. The number of halogens is 1. The first kappa shape index (κ1) is 20.6. The quantitative estimate of drug-likeness (QED) is 0.616. The number of rotatable bonds is 8. The minimum absolute atomic E-state index is 0.0762. The van der Waals surface area contributed by atoms with E-state index >= 15 is 0 Å². The smallest absolute Gasteiger partial charge is 0.306 e. The summed E-state index contributed by atoms with van der Waals surface area (Å²) in [7, 11) is 0. The predicted molar refractivity (Wildman–Crippen MR) is 107 cm³/mol. The molecule has 0 radical (unpaired) electrons. The summed E-state index contributed by atoms with van der Waals surface area (Å²) < 4.78 is 5.87. The van der Waals surface area contributed by atoms with E-state index in [2.05, 4.69) is 26.6 Å². The summed E-state index contributed by atoms with van der Waals surface area (Å²) >= 11 is 3.35. The molecule has 2 N–H and O–H groups in total. The molecule has 27 heavy (non-hydrogen) atoms. The number of hydrogen-bond acceptors (Lipinski definition) is 4. The van der Waals surface area contributed by atoms with Crippen molar-refractivity contribution in [3.05, 3.63) is 58.6 Å². The minimum atomic E-state index is -0.509. The molecule has 142 valence electrons. The molecule has 2 rings (SSSR count). The van der Waals surface area contributed by atoms with Crippen molar-refractivity contribution in [3.8, 4) is 0 Å². The van der Waals surface area contributed by atoms with E-state index in [0.717, 1.165) is 10.0 Å². The largest absolute Gasteiger partial charge is 0.456 e. The Labute approximate surface area is 166 Å². The van der Waals surface area contributed by atoms with Gasteiger partial charge in [-0.2, -0.15) is 0 Å². The molecule has 0 bridgehead atoms. The molecule has 0 fully saturated rings. The molecule has 2 aromatic carbocycles. The second kappa shape index (κ2) is 10.5. The van der Waals surface area contributed by atoms with Crippen molar-refractivity contribution < 1.29 is 19.1 Å². The van der Waals surface area contributed by atoms with Gasteiger partial charge < -0.3 is 15.4 Å². The fourth-order valence-electron chi connectivity index (χ4n) is 2.31. The zero-order valence-corrected chi connectivity index (χ0v) is 16.5. The summed E-state index contributed by atoms with van der Waals surface area (Å²) in [5, 5.41) is 5.44. The van der Waals surface area contributed by atoms with Gasteiger partial charge in [-0.1, -0.05) is 34.1 Å². The lowest BCUT2D eigenvalue weighted by molar-refractivity contribution is -0.147. The van der Waals surface area contributed by atoms with Crippen LogP contribution in [0.1, 0.15) is 24.8 Å². The maximum atomic E-state index is 11.9. The van der Waals surface area contributed by atoms with Gasteiger partial charge in [0.2, 0.25) is 5.91 Å².